The number of ketones is 1. The Morgan fingerprint density at radius 2 is 1.79 bits per heavy atom. The lowest BCUT2D eigenvalue weighted by molar-refractivity contribution is -0.124. The number of rotatable bonds is 6. The van der Waals surface area contributed by atoms with Gasteiger partial charge < -0.3 is 11.5 Å². The zero-order valence-electron chi connectivity index (χ0n) is 17.2. The van der Waals surface area contributed by atoms with Crippen LogP contribution in [0.1, 0.15) is 57.3 Å². The van der Waals surface area contributed by atoms with E-state index in [9.17, 15) is 19.2 Å². The Morgan fingerprint density at radius 3 is 2.32 bits per heavy atom. The monoisotopic (exact) mass is 393 g/mol. The summed E-state index contributed by atoms with van der Waals surface area (Å²) >= 11 is 0. The number of hydrogen-bond donors (Lipinski definition) is 2. The summed E-state index contributed by atoms with van der Waals surface area (Å²) in [5, 5.41) is 0. The fourth-order valence-corrected chi connectivity index (χ4v) is 3.65. The number of likely N-dealkylation sites (tertiary alicyclic amines) is 1. The van der Waals surface area contributed by atoms with E-state index in [-0.39, 0.29) is 36.4 Å². The largest absolute Gasteiger partial charge is 0.384 e. The predicted octanol–water partition coefficient (Wildman–Crippen LogP) is 0.181. The van der Waals surface area contributed by atoms with Crippen LogP contribution in [-0.2, 0) is 17.9 Å². The third kappa shape index (κ3) is 4.52. The third-order valence-electron chi connectivity index (χ3n) is 4.98. The van der Waals surface area contributed by atoms with Crippen molar-refractivity contribution in [3.05, 3.63) is 26.4 Å². The first-order chi connectivity index (χ1) is 13.0. The molecule has 4 N–H and O–H groups in total. The molecule has 0 bridgehead atoms. The quantitative estimate of drug-likeness (QED) is 0.662. The molecule has 9 heteroatoms. The van der Waals surface area contributed by atoms with Gasteiger partial charge in [-0.25, -0.2) is 4.79 Å². The number of primary amides is 1. The Kier molecular flexibility index (Phi) is 6.48. The number of amides is 1. The molecule has 1 aliphatic heterocycles. The van der Waals surface area contributed by atoms with Crippen molar-refractivity contribution in [1.29, 1.82) is 0 Å². The second-order valence-corrected chi connectivity index (χ2v) is 8.55. The average molecular weight is 393 g/mol. The molecule has 1 saturated heterocycles. The van der Waals surface area contributed by atoms with E-state index in [2.05, 4.69) is 0 Å². The van der Waals surface area contributed by atoms with Gasteiger partial charge in [0, 0.05) is 13.1 Å². The lowest BCUT2D eigenvalue weighted by Crippen LogP contribution is -2.51. The summed E-state index contributed by atoms with van der Waals surface area (Å²) in [7, 11) is 0. The maximum absolute atomic E-state index is 13.0. The molecule has 0 saturated carbocycles. The molecule has 156 valence electrons. The van der Waals surface area contributed by atoms with Crippen molar-refractivity contribution >= 4 is 17.5 Å². The molecule has 0 aromatic carbocycles. The van der Waals surface area contributed by atoms with Gasteiger partial charge in [-0.3, -0.25) is 28.4 Å². The Morgan fingerprint density at radius 1 is 1.14 bits per heavy atom. The molecular weight excluding hydrogens is 362 g/mol. The van der Waals surface area contributed by atoms with Gasteiger partial charge in [0.1, 0.15) is 11.4 Å². The van der Waals surface area contributed by atoms with E-state index in [1.165, 1.54) is 4.57 Å². The SMILES string of the molecule is CCn1c(=O)c(C(=O)CN2CCCC[C@@H]2C(N)=O)c(N)n(CC(C)(C)C)c1=O. The maximum atomic E-state index is 13.0. The molecule has 0 radical (unpaired) electrons. The number of carbonyl (C=O) groups is 2. The first-order valence-corrected chi connectivity index (χ1v) is 9.67. The second-order valence-electron chi connectivity index (χ2n) is 8.55. The van der Waals surface area contributed by atoms with Crippen molar-refractivity contribution in [2.24, 2.45) is 11.1 Å². The summed E-state index contributed by atoms with van der Waals surface area (Å²) < 4.78 is 2.32. The van der Waals surface area contributed by atoms with Crippen molar-refractivity contribution in [2.75, 3.05) is 18.8 Å². The number of piperidine rings is 1. The van der Waals surface area contributed by atoms with E-state index in [0.29, 0.717) is 13.0 Å². The Balaban J connectivity index is 2.50. The van der Waals surface area contributed by atoms with Crippen LogP contribution in [0.25, 0.3) is 0 Å². The number of Topliss-reactive ketones (excluding diaryl/α,β-unsaturated/α-hetero) is 1. The maximum Gasteiger partial charge on any atom is 0.332 e. The molecule has 1 atom stereocenters. The highest BCUT2D eigenvalue weighted by Gasteiger charge is 2.31. The van der Waals surface area contributed by atoms with Gasteiger partial charge in [-0.1, -0.05) is 27.2 Å². The summed E-state index contributed by atoms with van der Waals surface area (Å²) in [5.41, 5.74) is 9.91. The minimum absolute atomic E-state index is 0.118. The van der Waals surface area contributed by atoms with Crippen molar-refractivity contribution in [2.45, 2.75) is 66.1 Å². The average Bonchev–Trinajstić information content (AvgIpc) is 2.58. The highest BCUT2D eigenvalue weighted by Crippen LogP contribution is 2.20. The number of anilines is 1. The van der Waals surface area contributed by atoms with Crippen LogP contribution in [0.2, 0.25) is 0 Å². The molecule has 1 amide bonds. The van der Waals surface area contributed by atoms with Gasteiger partial charge in [0.15, 0.2) is 5.78 Å². The Labute approximate surface area is 164 Å². The third-order valence-corrected chi connectivity index (χ3v) is 4.98. The van der Waals surface area contributed by atoms with E-state index in [4.69, 9.17) is 11.5 Å². The minimum Gasteiger partial charge on any atom is -0.384 e. The van der Waals surface area contributed by atoms with Gasteiger partial charge >= 0.3 is 5.69 Å². The summed E-state index contributed by atoms with van der Waals surface area (Å²) in [6.07, 6.45) is 2.29. The van der Waals surface area contributed by atoms with Crippen LogP contribution in [0.5, 0.6) is 0 Å². The summed E-state index contributed by atoms with van der Waals surface area (Å²) in [4.78, 5) is 51.9. The van der Waals surface area contributed by atoms with Gasteiger partial charge in [0.2, 0.25) is 5.91 Å². The molecule has 28 heavy (non-hydrogen) atoms. The van der Waals surface area contributed by atoms with Gasteiger partial charge in [0.05, 0.1) is 12.6 Å². The number of carbonyl (C=O) groups excluding carboxylic acids is 2. The molecule has 0 unspecified atom stereocenters. The number of nitrogens with two attached hydrogens (primary N) is 2. The molecule has 1 aromatic rings. The van der Waals surface area contributed by atoms with Crippen LogP contribution in [-0.4, -0.2) is 44.9 Å². The van der Waals surface area contributed by atoms with Crippen LogP contribution in [0.3, 0.4) is 0 Å². The zero-order valence-corrected chi connectivity index (χ0v) is 17.2. The number of nitrogen functional groups attached to an aromatic ring is 1. The van der Waals surface area contributed by atoms with E-state index >= 15 is 0 Å². The van der Waals surface area contributed by atoms with Crippen molar-refractivity contribution in [1.82, 2.24) is 14.0 Å². The highest BCUT2D eigenvalue weighted by molar-refractivity contribution is 6.01. The van der Waals surface area contributed by atoms with E-state index in [1.807, 2.05) is 20.8 Å². The van der Waals surface area contributed by atoms with E-state index in [1.54, 1.807) is 11.8 Å². The fraction of sp³-hybridized carbons (Fsp3) is 0.684. The second kappa shape index (κ2) is 8.30. The predicted molar refractivity (Wildman–Crippen MR) is 107 cm³/mol. The van der Waals surface area contributed by atoms with E-state index < -0.39 is 29.0 Å². The topological polar surface area (TPSA) is 133 Å². The molecule has 1 aliphatic rings. The number of aromatic nitrogens is 2. The normalized spacial score (nSPS) is 18.2. The lowest BCUT2D eigenvalue weighted by Gasteiger charge is -2.33. The van der Waals surface area contributed by atoms with Crippen molar-refractivity contribution in [3.63, 3.8) is 0 Å². The first-order valence-electron chi connectivity index (χ1n) is 9.67. The Hall–Kier alpha value is -2.42. The zero-order chi connectivity index (χ0) is 21.2. The van der Waals surface area contributed by atoms with Gasteiger partial charge in [-0.05, 0) is 31.7 Å². The molecule has 2 rings (SSSR count). The minimum atomic E-state index is -0.687. The molecular formula is C19H31N5O4. The smallest absolute Gasteiger partial charge is 0.332 e. The first kappa shape index (κ1) is 21.9. The highest BCUT2D eigenvalue weighted by atomic mass is 16.2. The summed E-state index contributed by atoms with van der Waals surface area (Å²) in [6, 6.07) is -0.534. The van der Waals surface area contributed by atoms with Crippen LogP contribution >= 0.6 is 0 Å². The van der Waals surface area contributed by atoms with Gasteiger partial charge in [0.25, 0.3) is 5.56 Å². The van der Waals surface area contributed by atoms with Crippen LogP contribution < -0.4 is 22.7 Å². The lowest BCUT2D eigenvalue weighted by atomic mass is 9.96. The Bertz CT molecular complexity index is 878. The summed E-state index contributed by atoms with van der Waals surface area (Å²) in [5.74, 6) is -1.10. The van der Waals surface area contributed by atoms with Crippen molar-refractivity contribution in [3.8, 4) is 0 Å². The number of nitrogens with zero attached hydrogens (tertiary/aromatic N) is 3. The van der Waals surface area contributed by atoms with Crippen molar-refractivity contribution < 1.29 is 9.59 Å². The molecule has 2 heterocycles. The van der Waals surface area contributed by atoms with Gasteiger partial charge in [-0.15, -0.1) is 0 Å². The molecule has 0 spiro atoms. The molecule has 1 aromatic heterocycles. The standard InChI is InChI=1S/C19H31N5O4/c1-5-23-17(27)14(15(20)24(18(23)28)11-19(2,3)4)13(25)10-22-9-7-6-8-12(22)16(21)26/h12H,5-11,20H2,1-4H3,(H2,21,26)/t12-/m1/s1. The van der Waals surface area contributed by atoms with E-state index in [0.717, 1.165) is 17.4 Å². The van der Waals surface area contributed by atoms with Gasteiger partial charge in [-0.2, -0.15) is 0 Å². The van der Waals surface area contributed by atoms with Crippen LogP contribution in [0.15, 0.2) is 9.59 Å². The molecule has 1 fully saturated rings. The van der Waals surface area contributed by atoms with Crippen LogP contribution in [0.4, 0.5) is 5.82 Å². The molecule has 0 aliphatic carbocycles. The fourth-order valence-electron chi connectivity index (χ4n) is 3.65. The van der Waals surface area contributed by atoms with Crippen LogP contribution in [0, 0.1) is 5.41 Å². The summed E-state index contributed by atoms with van der Waals surface area (Å²) in [6.45, 7) is 8.30. The number of hydrogen-bond acceptors (Lipinski definition) is 6. The molecule has 9 nitrogen and oxygen atoms in total.